The number of hydrogen-bond acceptors (Lipinski definition) is 6. The molecule has 7 heteroatoms. The van der Waals surface area contributed by atoms with Crippen LogP contribution in [0.15, 0.2) is 36.7 Å². The third-order valence-electron chi connectivity index (χ3n) is 5.52. The number of likely N-dealkylation sites (tertiary alicyclic amines) is 1. The lowest BCUT2D eigenvalue weighted by molar-refractivity contribution is 0.0653. The lowest BCUT2D eigenvalue weighted by atomic mass is 10.1. The molecule has 1 N–H and O–H groups in total. The minimum atomic E-state index is -0.290. The van der Waals surface area contributed by atoms with Crippen LogP contribution in [0, 0.1) is 12.7 Å². The molecule has 5 rings (SSSR count). The highest BCUT2D eigenvalue weighted by atomic mass is 19.1. The van der Waals surface area contributed by atoms with Gasteiger partial charge in [-0.15, -0.1) is 0 Å². The number of anilines is 2. The molecule has 150 valence electrons. The largest absolute Gasteiger partial charge is 0.486 e. The fraction of sp³-hybridized carbons (Fsp3) is 0.364. The fourth-order valence-electron chi connectivity index (χ4n) is 3.98. The molecule has 1 aromatic heterocycles. The SMILES string of the molecule is Cc1cccc(Nc2ncnc3cc4c(cc23)OCC(CN2CCCC2)O4)c1F. The van der Waals surface area contributed by atoms with Gasteiger partial charge in [-0.1, -0.05) is 12.1 Å². The van der Waals surface area contributed by atoms with Crippen LogP contribution in [0.3, 0.4) is 0 Å². The Morgan fingerprint density at radius 1 is 1.17 bits per heavy atom. The van der Waals surface area contributed by atoms with Gasteiger partial charge >= 0.3 is 0 Å². The van der Waals surface area contributed by atoms with Crippen molar-refractivity contribution in [1.29, 1.82) is 0 Å². The first-order valence-electron chi connectivity index (χ1n) is 10.00. The number of benzene rings is 2. The van der Waals surface area contributed by atoms with Crippen LogP contribution in [-0.2, 0) is 0 Å². The summed E-state index contributed by atoms with van der Waals surface area (Å²) in [7, 11) is 0. The topological polar surface area (TPSA) is 59.5 Å². The van der Waals surface area contributed by atoms with Crippen LogP contribution in [-0.4, -0.2) is 47.2 Å². The summed E-state index contributed by atoms with van der Waals surface area (Å²) in [5.41, 5.74) is 1.68. The number of hydrogen-bond donors (Lipinski definition) is 1. The van der Waals surface area contributed by atoms with E-state index in [-0.39, 0.29) is 11.9 Å². The standard InChI is InChI=1S/C22H23FN4O2/c1-14-5-4-6-17(21(14)23)26-22-16-9-19-20(10-18(16)24-13-25-22)29-15(12-28-19)11-27-7-2-3-8-27/h4-6,9-10,13,15H,2-3,7-8,11-12H2,1H3,(H,24,25,26). The number of ether oxygens (including phenoxy) is 2. The number of aromatic nitrogens is 2. The summed E-state index contributed by atoms with van der Waals surface area (Å²) in [5.74, 6) is 1.60. The molecule has 0 aliphatic carbocycles. The molecule has 0 radical (unpaired) electrons. The highest BCUT2D eigenvalue weighted by molar-refractivity contribution is 5.93. The number of nitrogens with one attached hydrogen (secondary N) is 1. The van der Waals surface area contributed by atoms with Crippen molar-refractivity contribution in [3.8, 4) is 11.5 Å². The number of halogens is 1. The van der Waals surface area contributed by atoms with E-state index in [1.165, 1.54) is 19.2 Å². The Labute approximate surface area is 168 Å². The summed E-state index contributed by atoms with van der Waals surface area (Å²) in [6, 6.07) is 8.98. The van der Waals surface area contributed by atoms with Crippen LogP contribution in [0.2, 0.25) is 0 Å². The molecule has 2 aliphatic rings. The van der Waals surface area contributed by atoms with Gasteiger partial charge < -0.3 is 14.8 Å². The van der Waals surface area contributed by atoms with Gasteiger partial charge in [0, 0.05) is 18.0 Å². The Morgan fingerprint density at radius 2 is 2.03 bits per heavy atom. The third kappa shape index (κ3) is 3.58. The molecule has 1 saturated heterocycles. The predicted molar refractivity (Wildman–Crippen MR) is 110 cm³/mol. The van der Waals surface area contributed by atoms with E-state index in [4.69, 9.17) is 9.47 Å². The van der Waals surface area contributed by atoms with Crippen molar-refractivity contribution in [2.24, 2.45) is 0 Å². The van der Waals surface area contributed by atoms with Crippen molar-refractivity contribution in [2.75, 3.05) is 31.6 Å². The number of rotatable bonds is 4. The van der Waals surface area contributed by atoms with Crippen LogP contribution in [0.25, 0.3) is 10.9 Å². The van der Waals surface area contributed by atoms with Crippen LogP contribution < -0.4 is 14.8 Å². The zero-order valence-electron chi connectivity index (χ0n) is 16.3. The summed E-state index contributed by atoms with van der Waals surface area (Å²) in [4.78, 5) is 11.1. The highest BCUT2D eigenvalue weighted by Crippen LogP contribution is 2.38. The van der Waals surface area contributed by atoms with Gasteiger partial charge in [0.05, 0.1) is 11.2 Å². The number of nitrogens with zero attached hydrogens (tertiary/aromatic N) is 3. The summed E-state index contributed by atoms with van der Waals surface area (Å²) in [5, 5.41) is 3.85. The van der Waals surface area contributed by atoms with E-state index in [9.17, 15) is 4.39 Å². The zero-order valence-corrected chi connectivity index (χ0v) is 16.3. The molecule has 0 saturated carbocycles. The monoisotopic (exact) mass is 394 g/mol. The molecule has 6 nitrogen and oxygen atoms in total. The molecule has 3 aromatic rings. The van der Waals surface area contributed by atoms with E-state index >= 15 is 0 Å². The molecular weight excluding hydrogens is 371 g/mol. The Morgan fingerprint density at radius 3 is 2.90 bits per heavy atom. The maximum absolute atomic E-state index is 14.4. The molecule has 2 aromatic carbocycles. The first-order valence-corrected chi connectivity index (χ1v) is 10.00. The van der Waals surface area contributed by atoms with E-state index < -0.39 is 0 Å². The second-order valence-electron chi connectivity index (χ2n) is 7.66. The van der Waals surface area contributed by atoms with Gasteiger partial charge in [0.25, 0.3) is 0 Å². The lowest BCUT2D eigenvalue weighted by Crippen LogP contribution is -2.39. The van der Waals surface area contributed by atoms with Gasteiger partial charge in [0.15, 0.2) is 11.5 Å². The molecule has 0 bridgehead atoms. The summed E-state index contributed by atoms with van der Waals surface area (Å²) < 4.78 is 26.6. The number of fused-ring (bicyclic) bond motifs is 2. The van der Waals surface area contributed by atoms with Gasteiger partial charge in [-0.3, -0.25) is 4.90 Å². The van der Waals surface area contributed by atoms with E-state index in [1.54, 1.807) is 19.1 Å². The molecule has 0 amide bonds. The summed E-state index contributed by atoms with van der Waals surface area (Å²) >= 11 is 0. The maximum atomic E-state index is 14.4. The molecular formula is C22H23FN4O2. The van der Waals surface area contributed by atoms with Crippen LogP contribution in [0.1, 0.15) is 18.4 Å². The third-order valence-corrected chi connectivity index (χ3v) is 5.52. The number of aryl methyl sites for hydroxylation is 1. The Hall–Kier alpha value is -2.93. The first kappa shape index (κ1) is 18.1. The molecule has 0 spiro atoms. The minimum absolute atomic E-state index is 0.0128. The zero-order chi connectivity index (χ0) is 19.8. The molecule has 2 aliphatic heterocycles. The van der Waals surface area contributed by atoms with E-state index in [0.717, 1.165) is 30.5 Å². The Balaban J connectivity index is 1.43. The first-order chi connectivity index (χ1) is 14.2. The second-order valence-corrected chi connectivity index (χ2v) is 7.66. The molecule has 1 fully saturated rings. The van der Waals surface area contributed by atoms with Gasteiger partial charge in [0.2, 0.25) is 0 Å². The van der Waals surface area contributed by atoms with Gasteiger partial charge in [-0.25, -0.2) is 14.4 Å². The van der Waals surface area contributed by atoms with E-state index in [1.807, 2.05) is 18.2 Å². The molecule has 1 unspecified atom stereocenters. The Kier molecular flexibility index (Phi) is 4.67. The van der Waals surface area contributed by atoms with Crippen molar-refractivity contribution < 1.29 is 13.9 Å². The lowest BCUT2D eigenvalue weighted by Gasteiger charge is -2.29. The normalized spacial score (nSPS) is 18.9. The van der Waals surface area contributed by atoms with E-state index in [2.05, 4.69) is 20.2 Å². The van der Waals surface area contributed by atoms with Crippen LogP contribution >= 0.6 is 0 Å². The fourth-order valence-corrected chi connectivity index (χ4v) is 3.98. The average molecular weight is 394 g/mol. The van der Waals surface area contributed by atoms with Gasteiger partial charge in [-0.05, 0) is 50.6 Å². The molecule has 29 heavy (non-hydrogen) atoms. The van der Waals surface area contributed by atoms with Crippen molar-refractivity contribution >= 4 is 22.4 Å². The minimum Gasteiger partial charge on any atom is -0.486 e. The molecule has 3 heterocycles. The van der Waals surface area contributed by atoms with Gasteiger partial charge in [0.1, 0.15) is 30.7 Å². The van der Waals surface area contributed by atoms with Crippen molar-refractivity contribution in [2.45, 2.75) is 25.9 Å². The van der Waals surface area contributed by atoms with Crippen molar-refractivity contribution in [3.63, 3.8) is 0 Å². The smallest absolute Gasteiger partial charge is 0.164 e. The Bertz CT molecular complexity index is 1050. The highest BCUT2D eigenvalue weighted by Gasteiger charge is 2.26. The average Bonchev–Trinajstić information content (AvgIpc) is 3.23. The quantitative estimate of drug-likeness (QED) is 0.720. The predicted octanol–water partition coefficient (Wildman–Crippen LogP) is 4.06. The van der Waals surface area contributed by atoms with Crippen molar-refractivity contribution in [3.05, 3.63) is 48.0 Å². The van der Waals surface area contributed by atoms with Gasteiger partial charge in [-0.2, -0.15) is 0 Å². The van der Waals surface area contributed by atoms with E-state index in [0.29, 0.717) is 35.2 Å². The van der Waals surface area contributed by atoms with Crippen molar-refractivity contribution in [1.82, 2.24) is 14.9 Å². The van der Waals surface area contributed by atoms with Crippen LogP contribution in [0.5, 0.6) is 11.5 Å². The second kappa shape index (κ2) is 7.48. The van der Waals surface area contributed by atoms with Crippen LogP contribution in [0.4, 0.5) is 15.9 Å². The summed E-state index contributed by atoms with van der Waals surface area (Å²) in [6.07, 6.45) is 3.99. The molecule has 1 atom stereocenters. The maximum Gasteiger partial charge on any atom is 0.164 e. The summed E-state index contributed by atoms with van der Waals surface area (Å²) in [6.45, 7) is 5.38.